The van der Waals surface area contributed by atoms with Crippen LogP contribution in [0.4, 0.5) is 11.4 Å². The van der Waals surface area contributed by atoms with Crippen molar-refractivity contribution in [3.63, 3.8) is 0 Å². The van der Waals surface area contributed by atoms with Crippen molar-refractivity contribution in [2.24, 2.45) is 0 Å². The van der Waals surface area contributed by atoms with Crippen molar-refractivity contribution in [2.75, 3.05) is 22.9 Å². The van der Waals surface area contributed by atoms with Gasteiger partial charge in [-0.3, -0.25) is 9.59 Å². The lowest BCUT2D eigenvalue weighted by molar-refractivity contribution is -0.116. The average molecular weight is 460 g/mol. The number of hydrogen-bond acceptors (Lipinski definition) is 4. The number of thioether (sulfide) groups is 1. The van der Waals surface area contributed by atoms with Crippen molar-refractivity contribution >= 4 is 46.6 Å². The van der Waals surface area contributed by atoms with Crippen LogP contribution < -0.4 is 16.0 Å². The van der Waals surface area contributed by atoms with Crippen LogP contribution in [0.1, 0.15) is 54.9 Å². The third-order valence-corrected chi connectivity index (χ3v) is 6.54. The summed E-state index contributed by atoms with van der Waals surface area (Å²) in [6.07, 6.45) is 5.79. The predicted octanol–water partition coefficient (Wildman–Crippen LogP) is 5.71. The molecule has 31 heavy (non-hydrogen) atoms. The van der Waals surface area contributed by atoms with Gasteiger partial charge in [0.05, 0.1) is 11.4 Å². The smallest absolute Gasteiger partial charge is 0.251 e. The van der Waals surface area contributed by atoms with Crippen molar-refractivity contribution in [3.05, 3.63) is 58.6 Å². The van der Waals surface area contributed by atoms with Crippen LogP contribution >= 0.6 is 23.4 Å². The minimum atomic E-state index is -0.320. The van der Waals surface area contributed by atoms with Crippen LogP contribution in [-0.4, -0.2) is 30.2 Å². The van der Waals surface area contributed by atoms with Gasteiger partial charge in [-0.1, -0.05) is 56.3 Å². The number of carbonyl (C=O) groups excluding carboxylic acids is 2. The summed E-state index contributed by atoms with van der Waals surface area (Å²) in [5, 5.41) is 9.91. The predicted molar refractivity (Wildman–Crippen MR) is 131 cm³/mol. The molecule has 0 aromatic heterocycles. The van der Waals surface area contributed by atoms with Crippen molar-refractivity contribution in [3.8, 4) is 0 Å². The highest BCUT2D eigenvalue weighted by molar-refractivity contribution is 7.98. The first-order valence-electron chi connectivity index (χ1n) is 10.9. The lowest BCUT2D eigenvalue weighted by atomic mass is 10.1. The first-order chi connectivity index (χ1) is 15.1. The van der Waals surface area contributed by atoms with E-state index in [9.17, 15) is 9.59 Å². The molecule has 0 fully saturated rings. The molecule has 0 spiro atoms. The van der Waals surface area contributed by atoms with Gasteiger partial charge in [-0.05, 0) is 42.3 Å². The number of nitrogens with one attached hydrogen (secondary N) is 3. The van der Waals surface area contributed by atoms with E-state index in [1.165, 1.54) is 19.3 Å². The van der Waals surface area contributed by atoms with E-state index in [0.717, 1.165) is 34.9 Å². The molecule has 1 aliphatic heterocycles. The summed E-state index contributed by atoms with van der Waals surface area (Å²) in [5.41, 5.74) is 3.18. The van der Waals surface area contributed by atoms with Gasteiger partial charge in [-0.15, -0.1) is 0 Å². The van der Waals surface area contributed by atoms with E-state index in [2.05, 4.69) is 22.9 Å². The van der Waals surface area contributed by atoms with Crippen LogP contribution in [0.2, 0.25) is 5.02 Å². The Morgan fingerprint density at radius 1 is 1.10 bits per heavy atom. The highest BCUT2D eigenvalue weighted by Gasteiger charge is 2.26. The second-order valence-electron chi connectivity index (χ2n) is 7.76. The van der Waals surface area contributed by atoms with Gasteiger partial charge in [-0.25, -0.2) is 0 Å². The molecule has 0 saturated heterocycles. The van der Waals surface area contributed by atoms with Crippen molar-refractivity contribution < 1.29 is 9.59 Å². The van der Waals surface area contributed by atoms with Crippen LogP contribution in [0.25, 0.3) is 0 Å². The Bertz CT molecular complexity index is 906. The fourth-order valence-corrected chi connectivity index (χ4v) is 4.68. The largest absolute Gasteiger partial charge is 0.371 e. The molecule has 5 nitrogen and oxygen atoms in total. The Morgan fingerprint density at radius 2 is 1.94 bits per heavy atom. The third-order valence-electron chi connectivity index (χ3n) is 5.19. The van der Waals surface area contributed by atoms with Gasteiger partial charge in [-0.2, -0.15) is 11.8 Å². The molecule has 166 valence electrons. The van der Waals surface area contributed by atoms with E-state index in [1.54, 1.807) is 23.9 Å². The van der Waals surface area contributed by atoms with Gasteiger partial charge in [0.2, 0.25) is 5.91 Å². The molecule has 7 heteroatoms. The third kappa shape index (κ3) is 7.18. The van der Waals surface area contributed by atoms with Gasteiger partial charge in [0, 0.05) is 28.6 Å². The lowest BCUT2D eigenvalue weighted by Crippen LogP contribution is -2.40. The Morgan fingerprint density at radius 3 is 2.74 bits per heavy atom. The zero-order valence-electron chi connectivity index (χ0n) is 17.9. The fraction of sp³-hybridized carbons (Fsp3) is 0.417. The summed E-state index contributed by atoms with van der Waals surface area (Å²) in [4.78, 5) is 24.9. The van der Waals surface area contributed by atoms with Crippen LogP contribution in [0.5, 0.6) is 0 Å². The monoisotopic (exact) mass is 459 g/mol. The molecule has 3 N–H and O–H groups in total. The van der Waals surface area contributed by atoms with E-state index >= 15 is 0 Å². The summed E-state index contributed by atoms with van der Waals surface area (Å²) < 4.78 is 0. The molecule has 0 aliphatic carbocycles. The molecule has 1 aliphatic rings. The Hall–Kier alpha value is -2.18. The van der Waals surface area contributed by atoms with Crippen molar-refractivity contribution in [2.45, 2.75) is 50.8 Å². The number of carbonyl (C=O) groups is 2. The maximum Gasteiger partial charge on any atom is 0.251 e. The number of hydrogen-bond donors (Lipinski definition) is 3. The van der Waals surface area contributed by atoms with E-state index in [1.807, 2.05) is 30.3 Å². The lowest BCUT2D eigenvalue weighted by Gasteiger charge is -2.27. The maximum atomic E-state index is 12.5. The van der Waals surface area contributed by atoms with Gasteiger partial charge in [0.25, 0.3) is 5.91 Å². The Kier molecular flexibility index (Phi) is 9.10. The van der Waals surface area contributed by atoms with Gasteiger partial charge >= 0.3 is 0 Å². The van der Waals surface area contributed by atoms with Gasteiger partial charge in [0.1, 0.15) is 6.04 Å². The average Bonchev–Trinajstić information content (AvgIpc) is 2.76. The summed E-state index contributed by atoms with van der Waals surface area (Å²) in [5.74, 6) is 1.24. The van der Waals surface area contributed by atoms with Crippen molar-refractivity contribution in [1.29, 1.82) is 0 Å². The molecule has 0 saturated carbocycles. The number of rotatable bonds is 11. The molecule has 0 unspecified atom stereocenters. The molecule has 1 heterocycles. The van der Waals surface area contributed by atoms with Gasteiger partial charge in [0.15, 0.2) is 0 Å². The molecule has 2 amide bonds. The molecule has 0 radical (unpaired) electrons. The molecule has 0 bridgehead atoms. The van der Waals surface area contributed by atoms with E-state index in [0.29, 0.717) is 23.5 Å². The minimum absolute atomic E-state index is 0.0837. The first-order valence-corrected chi connectivity index (χ1v) is 12.4. The topological polar surface area (TPSA) is 70.2 Å². The standard InChI is InChI=1S/C24H30ClN3O2S/c1-2-3-4-5-6-12-26-23(29)18-10-11-20-21(14-18)28-24(30)22(27-20)16-31-15-17-8-7-9-19(25)13-17/h7-11,13-14,22,27H,2-6,12,15-16H2,1H3,(H,26,29)(H,28,30)/t22-/m0/s1. The Labute approximate surface area is 193 Å². The van der Waals surface area contributed by atoms with Crippen LogP contribution in [0, 0.1) is 0 Å². The summed E-state index contributed by atoms with van der Waals surface area (Å²) >= 11 is 7.70. The molecule has 2 aromatic carbocycles. The van der Waals surface area contributed by atoms with Gasteiger partial charge < -0.3 is 16.0 Å². The second kappa shape index (κ2) is 12.0. The normalized spacial score (nSPS) is 15.0. The van der Waals surface area contributed by atoms with Crippen molar-refractivity contribution in [1.82, 2.24) is 5.32 Å². The van der Waals surface area contributed by atoms with E-state index in [4.69, 9.17) is 11.6 Å². The quantitative estimate of drug-likeness (QED) is 0.376. The number of unbranched alkanes of at least 4 members (excludes halogenated alkanes) is 4. The van der Waals surface area contributed by atoms with Crippen LogP contribution in [0.3, 0.4) is 0 Å². The minimum Gasteiger partial charge on any atom is -0.371 e. The second-order valence-corrected chi connectivity index (χ2v) is 9.23. The molecular weight excluding hydrogens is 430 g/mol. The molecule has 3 rings (SSSR count). The number of halogens is 1. The zero-order chi connectivity index (χ0) is 22.1. The van der Waals surface area contributed by atoms with Crippen LogP contribution in [-0.2, 0) is 10.5 Å². The Balaban J connectivity index is 1.48. The molecular formula is C24H30ClN3O2S. The highest BCUT2D eigenvalue weighted by Crippen LogP contribution is 2.29. The van der Waals surface area contributed by atoms with E-state index < -0.39 is 0 Å². The fourth-order valence-electron chi connectivity index (χ4n) is 3.46. The number of anilines is 2. The summed E-state index contributed by atoms with van der Waals surface area (Å²) in [6.45, 7) is 2.86. The SMILES string of the molecule is CCCCCCCNC(=O)c1ccc2c(c1)NC(=O)[C@H](CSCc1cccc(Cl)c1)N2. The highest BCUT2D eigenvalue weighted by atomic mass is 35.5. The molecule has 1 atom stereocenters. The first kappa shape index (κ1) is 23.5. The summed E-state index contributed by atoms with van der Waals surface area (Å²) in [7, 11) is 0. The zero-order valence-corrected chi connectivity index (χ0v) is 19.5. The van der Waals surface area contributed by atoms with E-state index in [-0.39, 0.29) is 17.9 Å². The van der Waals surface area contributed by atoms with Crippen LogP contribution in [0.15, 0.2) is 42.5 Å². The number of amides is 2. The maximum absolute atomic E-state index is 12.5. The molecule has 2 aromatic rings. The number of fused-ring (bicyclic) bond motifs is 1. The number of benzene rings is 2. The summed E-state index contributed by atoms with van der Waals surface area (Å²) in [6, 6.07) is 12.8.